The molecule has 1 heterocycles. The molecule has 1 aliphatic heterocycles. The Morgan fingerprint density at radius 2 is 1.90 bits per heavy atom. The molecule has 0 aromatic heterocycles. The lowest BCUT2D eigenvalue weighted by Gasteiger charge is -2.24. The molecule has 0 spiro atoms. The summed E-state index contributed by atoms with van der Waals surface area (Å²) in [5.74, 6) is 0.606. The van der Waals surface area contributed by atoms with E-state index < -0.39 is 0 Å². The first kappa shape index (κ1) is 17.6. The second kappa shape index (κ2) is 9.51. The highest BCUT2D eigenvalue weighted by Gasteiger charge is 2.11. The summed E-state index contributed by atoms with van der Waals surface area (Å²) in [6.07, 6.45) is 4.38. The predicted molar refractivity (Wildman–Crippen MR) is 93.9 cm³/mol. The molecule has 1 unspecified atom stereocenters. The van der Waals surface area contributed by atoms with Crippen molar-refractivity contribution in [3.05, 3.63) is 47.2 Å². The second-order valence-electron chi connectivity index (χ2n) is 6.03. The summed E-state index contributed by atoms with van der Waals surface area (Å²) in [7, 11) is 2.17. The average Bonchev–Trinajstić information content (AvgIpc) is 2.47. The molecule has 1 aromatic carbocycles. The zero-order valence-electron chi connectivity index (χ0n) is 14.3. The minimum atomic E-state index is 0.606. The first-order chi connectivity index (χ1) is 10.0. The third kappa shape index (κ3) is 7.24. The molecule has 1 aromatic rings. The van der Waals surface area contributed by atoms with Gasteiger partial charge < -0.3 is 4.90 Å². The van der Waals surface area contributed by atoms with Gasteiger partial charge in [-0.1, -0.05) is 49.7 Å². The fourth-order valence-corrected chi connectivity index (χ4v) is 2.12. The van der Waals surface area contributed by atoms with Gasteiger partial charge in [0, 0.05) is 31.4 Å². The molecule has 0 aliphatic carbocycles. The van der Waals surface area contributed by atoms with Gasteiger partial charge >= 0.3 is 0 Å². The first-order valence-corrected chi connectivity index (χ1v) is 7.96. The van der Waals surface area contributed by atoms with Crippen molar-refractivity contribution in [1.82, 2.24) is 4.90 Å². The van der Waals surface area contributed by atoms with Gasteiger partial charge in [0.25, 0.3) is 0 Å². The van der Waals surface area contributed by atoms with Crippen molar-refractivity contribution in [3.8, 4) is 0 Å². The number of hydrogen-bond donors (Lipinski definition) is 0. The van der Waals surface area contributed by atoms with Gasteiger partial charge in [-0.15, -0.1) is 0 Å². The molecule has 0 radical (unpaired) electrons. The fourth-order valence-electron chi connectivity index (χ4n) is 2.12. The van der Waals surface area contributed by atoms with E-state index in [0.717, 1.165) is 19.5 Å². The standard InChI is InChI=1S/C12H22N2.C7H8/c1-5-10(2)8-13-12-6-7-14(4)9-11(12)3;1-7-5-3-2-4-6-7/h8,10H,5-7,9H2,1-4H3;2-6H,1H3. The lowest BCUT2D eigenvalue weighted by Crippen LogP contribution is -2.26. The Labute approximate surface area is 130 Å². The molecule has 2 rings (SSSR count). The number of rotatable bonds is 3. The molecule has 0 saturated carbocycles. The summed E-state index contributed by atoms with van der Waals surface area (Å²) in [6.45, 7) is 10.9. The summed E-state index contributed by atoms with van der Waals surface area (Å²) in [5, 5.41) is 0. The number of benzene rings is 1. The van der Waals surface area contributed by atoms with Crippen molar-refractivity contribution in [2.24, 2.45) is 10.9 Å². The molecule has 0 N–H and O–H groups in total. The molecule has 116 valence electrons. The maximum atomic E-state index is 4.60. The number of likely N-dealkylation sites (N-methyl/N-ethyl adjacent to an activating group) is 1. The largest absolute Gasteiger partial charge is 0.302 e. The molecule has 1 atom stereocenters. The highest BCUT2D eigenvalue weighted by molar-refractivity contribution is 5.61. The smallest absolute Gasteiger partial charge is 0.0414 e. The van der Waals surface area contributed by atoms with Crippen molar-refractivity contribution >= 4 is 6.21 Å². The van der Waals surface area contributed by atoms with E-state index in [1.54, 1.807) is 0 Å². The molecule has 2 nitrogen and oxygen atoms in total. The van der Waals surface area contributed by atoms with Crippen LogP contribution in [0.15, 0.2) is 46.6 Å². The van der Waals surface area contributed by atoms with E-state index in [9.17, 15) is 0 Å². The lowest BCUT2D eigenvalue weighted by atomic mass is 10.1. The predicted octanol–water partition coefficient (Wildman–Crippen LogP) is 4.71. The van der Waals surface area contributed by atoms with Crippen molar-refractivity contribution in [1.29, 1.82) is 0 Å². The molecular weight excluding hydrogens is 256 g/mol. The third-order valence-electron chi connectivity index (χ3n) is 3.80. The Bertz CT molecular complexity index is 460. The number of nitrogens with zero attached hydrogens (tertiary/aromatic N) is 2. The van der Waals surface area contributed by atoms with E-state index in [0.29, 0.717) is 5.92 Å². The zero-order chi connectivity index (χ0) is 15.7. The van der Waals surface area contributed by atoms with Crippen LogP contribution in [0, 0.1) is 12.8 Å². The topological polar surface area (TPSA) is 15.6 Å². The highest BCUT2D eigenvalue weighted by Crippen LogP contribution is 2.17. The van der Waals surface area contributed by atoms with Crippen molar-refractivity contribution in [3.63, 3.8) is 0 Å². The molecule has 0 bridgehead atoms. The monoisotopic (exact) mass is 286 g/mol. The van der Waals surface area contributed by atoms with Gasteiger partial charge in [0.05, 0.1) is 0 Å². The van der Waals surface area contributed by atoms with Crippen LogP contribution in [-0.2, 0) is 0 Å². The summed E-state index contributed by atoms with van der Waals surface area (Å²) in [4.78, 5) is 6.94. The fraction of sp³-hybridized carbons (Fsp3) is 0.526. The van der Waals surface area contributed by atoms with Crippen molar-refractivity contribution in [2.45, 2.75) is 40.5 Å². The zero-order valence-corrected chi connectivity index (χ0v) is 14.3. The van der Waals surface area contributed by atoms with E-state index in [4.69, 9.17) is 0 Å². The van der Waals surface area contributed by atoms with Crippen LogP contribution in [-0.4, -0.2) is 31.3 Å². The quantitative estimate of drug-likeness (QED) is 0.735. The first-order valence-electron chi connectivity index (χ1n) is 7.96. The van der Waals surface area contributed by atoms with E-state index in [1.807, 2.05) is 18.2 Å². The molecule has 21 heavy (non-hydrogen) atoms. The minimum Gasteiger partial charge on any atom is -0.302 e. The molecule has 2 heteroatoms. The van der Waals surface area contributed by atoms with Gasteiger partial charge in [-0.05, 0) is 38.8 Å². The van der Waals surface area contributed by atoms with E-state index in [-0.39, 0.29) is 0 Å². The van der Waals surface area contributed by atoms with E-state index >= 15 is 0 Å². The Balaban J connectivity index is 0.000000262. The molecule has 0 fully saturated rings. The minimum absolute atomic E-state index is 0.606. The Hall–Kier alpha value is -1.41. The van der Waals surface area contributed by atoms with Gasteiger partial charge in [-0.2, -0.15) is 0 Å². The number of hydrogen-bond acceptors (Lipinski definition) is 2. The van der Waals surface area contributed by atoms with Gasteiger partial charge in [-0.25, -0.2) is 0 Å². The van der Waals surface area contributed by atoms with Crippen LogP contribution in [0.25, 0.3) is 0 Å². The highest BCUT2D eigenvalue weighted by atomic mass is 15.1. The summed E-state index contributed by atoms with van der Waals surface area (Å²) in [6, 6.07) is 10.3. The van der Waals surface area contributed by atoms with Crippen LogP contribution >= 0.6 is 0 Å². The molecule has 0 amide bonds. The van der Waals surface area contributed by atoms with Gasteiger partial charge in [0.15, 0.2) is 0 Å². The van der Waals surface area contributed by atoms with Crippen molar-refractivity contribution in [2.75, 3.05) is 20.1 Å². The van der Waals surface area contributed by atoms with Crippen LogP contribution in [0.5, 0.6) is 0 Å². The number of aryl methyl sites for hydroxylation is 1. The van der Waals surface area contributed by atoms with Gasteiger partial charge in [0.2, 0.25) is 0 Å². The third-order valence-corrected chi connectivity index (χ3v) is 3.80. The van der Waals surface area contributed by atoms with Crippen LogP contribution in [0.3, 0.4) is 0 Å². The van der Waals surface area contributed by atoms with Crippen LogP contribution in [0.2, 0.25) is 0 Å². The van der Waals surface area contributed by atoms with Gasteiger partial charge in [0.1, 0.15) is 0 Å². The second-order valence-corrected chi connectivity index (χ2v) is 6.03. The molecule has 0 saturated heterocycles. The Kier molecular flexibility index (Phi) is 7.99. The summed E-state index contributed by atoms with van der Waals surface area (Å²) < 4.78 is 0. The number of aliphatic imine (C=N–C) groups is 1. The maximum Gasteiger partial charge on any atom is 0.0414 e. The normalized spacial score (nSPS) is 17.6. The van der Waals surface area contributed by atoms with E-state index in [1.165, 1.54) is 23.3 Å². The Morgan fingerprint density at radius 1 is 1.24 bits per heavy atom. The molecular formula is C19H30N2. The average molecular weight is 286 g/mol. The summed E-state index contributed by atoms with van der Waals surface area (Å²) >= 11 is 0. The van der Waals surface area contributed by atoms with Crippen LogP contribution < -0.4 is 0 Å². The summed E-state index contributed by atoms with van der Waals surface area (Å²) in [5.41, 5.74) is 4.06. The van der Waals surface area contributed by atoms with E-state index in [2.05, 4.69) is 63.0 Å². The van der Waals surface area contributed by atoms with Crippen molar-refractivity contribution < 1.29 is 0 Å². The van der Waals surface area contributed by atoms with Crippen LogP contribution in [0.4, 0.5) is 0 Å². The molecule has 1 aliphatic rings. The van der Waals surface area contributed by atoms with Crippen LogP contribution in [0.1, 0.15) is 39.2 Å². The van der Waals surface area contributed by atoms with Gasteiger partial charge in [-0.3, -0.25) is 4.99 Å². The Morgan fingerprint density at radius 3 is 2.38 bits per heavy atom. The maximum absolute atomic E-state index is 4.60. The SMILES string of the molecule is CCC(C)C=NC1=C(C)CN(C)CC1.Cc1ccccc1. The lowest BCUT2D eigenvalue weighted by molar-refractivity contribution is 0.347.